The Morgan fingerprint density at radius 2 is 1.05 bits per heavy atom. The lowest BCUT2D eigenvalue weighted by Gasteiger charge is -2.26. The molecule has 0 aliphatic carbocycles. The van der Waals surface area contributed by atoms with E-state index in [1.54, 1.807) is 0 Å². The Balaban J connectivity index is 1.36. The summed E-state index contributed by atoms with van der Waals surface area (Å²) >= 11 is 2.17. The molecule has 0 saturated heterocycles. The minimum atomic E-state index is -1.18. The van der Waals surface area contributed by atoms with Gasteiger partial charge in [0.2, 0.25) is 29.5 Å². The molecular weight excluding hydrogens is 859 g/mol. The van der Waals surface area contributed by atoms with E-state index in [0.717, 1.165) is 42.2 Å². The Labute approximate surface area is 357 Å². The fourth-order valence-corrected chi connectivity index (χ4v) is 6.99. The lowest BCUT2D eigenvalue weighted by molar-refractivity contribution is -0.134. The molecule has 5 rings (SSSR count). The molecule has 5 amide bonds. The van der Waals surface area contributed by atoms with Crippen LogP contribution in [0.5, 0.6) is 0 Å². The predicted molar refractivity (Wildman–Crippen MR) is 239 cm³/mol. The molecule has 0 saturated carbocycles. The van der Waals surface area contributed by atoms with E-state index < -0.39 is 53.7 Å². The summed E-state index contributed by atoms with van der Waals surface area (Å²) in [6.07, 6.45) is 0.729. The Morgan fingerprint density at radius 1 is 0.559 bits per heavy atom. The topological polar surface area (TPSA) is 224 Å². The number of guanidine groups is 1. The smallest absolute Gasteiger partial charge is 0.243 e. The molecular formula is C45H49IN8O5. The van der Waals surface area contributed by atoms with Crippen LogP contribution < -0.4 is 38.5 Å². The number of nitrogens with two attached hydrogens (primary N) is 3. The van der Waals surface area contributed by atoms with Crippen LogP contribution in [0.1, 0.15) is 36.5 Å². The summed E-state index contributed by atoms with van der Waals surface area (Å²) in [6, 6.07) is 34.0. The van der Waals surface area contributed by atoms with Crippen molar-refractivity contribution in [2.45, 2.75) is 63.2 Å². The molecule has 0 spiro atoms. The zero-order chi connectivity index (χ0) is 42.3. The molecule has 0 aliphatic heterocycles. The molecule has 14 heteroatoms. The third-order valence-corrected chi connectivity index (χ3v) is 10.4. The Morgan fingerprint density at radius 3 is 1.68 bits per heavy atom. The van der Waals surface area contributed by atoms with Gasteiger partial charge in [-0.05, 0) is 86.2 Å². The van der Waals surface area contributed by atoms with Crippen LogP contribution in [0.2, 0.25) is 0 Å². The number of nitrogens with one attached hydrogen (secondary N) is 4. The minimum Gasteiger partial charge on any atom is -0.370 e. The Hall–Kier alpha value is -6.29. The van der Waals surface area contributed by atoms with E-state index in [2.05, 4.69) is 48.9 Å². The summed E-state index contributed by atoms with van der Waals surface area (Å²) in [5.41, 5.74) is 21.2. The van der Waals surface area contributed by atoms with Gasteiger partial charge in [-0.25, -0.2) is 0 Å². The van der Waals surface area contributed by atoms with Crippen LogP contribution in [0.3, 0.4) is 0 Å². The normalized spacial score (nSPS) is 12.9. The summed E-state index contributed by atoms with van der Waals surface area (Å²) in [5.74, 6) is -3.19. The second-order valence-corrected chi connectivity index (χ2v) is 15.5. The first-order chi connectivity index (χ1) is 28.3. The van der Waals surface area contributed by atoms with E-state index in [-0.39, 0.29) is 38.2 Å². The van der Waals surface area contributed by atoms with Crippen molar-refractivity contribution in [3.05, 3.63) is 142 Å². The highest BCUT2D eigenvalue weighted by molar-refractivity contribution is 14.1. The molecule has 0 unspecified atom stereocenters. The van der Waals surface area contributed by atoms with Crippen LogP contribution >= 0.6 is 22.6 Å². The summed E-state index contributed by atoms with van der Waals surface area (Å²) in [6.45, 7) is 1.49. The van der Waals surface area contributed by atoms with E-state index in [1.807, 2.05) is 121 Å². The van der Waals surface area contributed by atoms with Gasteiger partial charge in [0, 0.05) is 36.3 Å². The van der Waals surface area contributed by atoms with Crippen molar-refractivity contribution in [1.29, 1.82) is 0 Å². The van der Waals surface area contributed by atoms with Gasteiger partial charge in [-0.3, -0.25) is 29.0 Å². The molecule has 0 heterocycles. The number of rotatable bonds is 19. The predicted octanol–water partition coefficient (Wildman–Crippen LogP) is 3.64. The molecule has 306 valence electrons. The molecule has 0 bridgehead atoms. The van der Waals surface area contributed by atoms with Gasteiger partial charge < -0.3 is 38.5 Å². The molecule has 0 aromatic heterocycles. The largest absolute Gasteiger partial charge is 0.370 e. The van der Waals surface area contributed by atoms with Gasteiger partial charge in [0.1, 0.15) is 24.2 Å². The fourth-order valence-electron chi connectivity index (χ4n) is 6.63. The summed E-state index contributed by atoms with van der Waals surface area (Å²) < 4.78 is 0.976. The number of benzene rings is 5. The van der Waals surface area contributed by atoms with Gasteiger partial charge >= 0.3 is 0 Å². The number of hydrogen-bond donors (Lipinski definition) is 7. The molecule has 0 fully saturated rings. The maximum Gasteiger partial charge on any atom is 0.243 e. The molecule has 0 aliphatic rings. The number of carbonyl (C=O) groups excluding carboxylic acids is 5. The SMILES string of the molecule is CC(=O)N[C@@H](Cc1ccc2ccccc2c1)C(=O)N[C@@H](CCCN=C(N)N)C(=O)N[C@H](Cc1ccc(I)cc1)C(=O)N[C@@H](Cc1ccc(-c2ccccc2)cc1)C(N)=O. The van der Waals surface area contributed by atoms with Gasteiger partial charge in [0.15, 0.2) is 5.96 Å². The number of halogens is 1. The molecule has 13 nitrogen and oxygen atoms in total. The van der Waals surface area contributed by atoms with Crippen molar-refractivity contribution in [1.82, 2.24) is 21.3 Å². The van der Waals surface area contributed by atoms with E-state index in [0.29, 0.717) is 6.42 Å². The third kappa shape index (κ3) is 13.7. The van der Waals surface area contributed by atoms with E-state index in [1.165, 1.54) is 6.92 Å². The summed E-state index contributed by atoms with van der Waals surface area (Å²) in [4.78, 5) is 71.3. The quantitative estimate of drug-likeness (QED) is 0.0282. The van der Waals surface area contributed by atoms with E-state index in [4.69, 9.17) is 17.2 Å². The van der Waals surface area contributed by atoms with Crippen LogP contribution in [-0.2, 0) is 43.2 Å². The Kier molecular flexibility index (Phi) is 15.9. The van der Waals surface area contributed by atoms with Crippen molar-refractivity contribution in [2.24, 2.45) is 22.2 Å². The van der Waals surface area contributed by atoms with Crippen molar-refractivity contribution in [2.75, 3.05) is 6.54 Å². The van der Waals surface area contributed by atoms with Crippen LogP contribution in [0.4, 0.5) is 0 Å². The average molecular weight is 909 g/mol. The first kappa shape index (κ1) is 43.8. The molecule has 5 aromatic carbocycles. The monoisotopic (exact) mass is 908 g/mol. The summed E-state index contributed by atoms with van der Waals surface area (Å²) in [7, 11) is 0. The number of hydrogen-bond acceptors (Lipinski definition) is 6. The lowest BCUT2D eigenvalue weighted by atomic mass is 9.99. The standard InChI is InChI=1S/C45H49IN8O5/c1-28(55)51-39(27-31-15-20-33-10-5-6-11-35(33)24-31)43(58)52-37(12-7-23-50-45(48)49)42(57)54-40(26-30-16-21-36(46)22-17-30)44(59)53-38(41(47)56)25-29-13-18-34(19-14-29)32-8-3-2-4-9-32/h2-6,8-11,13-22,24,37-40H,7,12,23,25-27H2,1H3,(H2,47,56)(H,51,55)(H,52,58)(H,53,59)(H,54,57)(H4,48,49,50)/t37-,38-,39-,40+/m0/s1. The van der Waals surface area contributed by atoms with Gasteiger partial charge in [0.25, 0.3) is 0 Å². The molecule has 4 atom stereocenters. The molecule has 59 heavy (non-hydrogen) atoms. The van der Waals surface area contributed by atoms with Crippen LogP contribution in [-0.4, -0.2) is 66.2 Å². The highest BCUT2D eigenvalue weighted by Crippen LogP contribution is 2.20. The first-order valence-electron chi connectivity index (χ1n) is 19.2. The lowest BCUT2D eigenvalue weighted by Crippen LogP contribution is -2.59. The van der Waals surface area contributed by atoms with Crippen molar-refractivity contribution < 1.29 is 24.0 Å². The van der Waals surface area contributed by atoms with Crippen LogP contribution in [0.15, 0.2) is 126 Å². The van der Waals surface area contributed by atoms with Gasteiger partial charge in [-0.1, -0.05) is 109 Å². The highest BCUT2D eigenvalue weighted by atomic mass is 127. The van der Waals surface area contributed by atoms with Crippen LogP contribution in [0, 0.1) is 3.57 Å². The average Bonchev–Trinajstić information content (AvgIpc) is 3.22. The number of primary amides is 1. The first-order valence-corrected chi connectivity index (χ1v) is 20.3. The maximum atomic E-state index is 14.2. The third-order valence-electron chi connectivity index (χ3n) is 9.67. The second kappa shape index (κ2) is 21.5. The summed E-state index contributed by atoms with van der Waals surface area (Å²) in [5, 5.41) is 13.1. The minimum absolute atomic E-state index is 0.0664. The number of carbonyl (C=O) groups is 5. The molecule has 0 radical (unpaired) electrons. The molecule has 5 aromatic rings. The number of aliphatic imine (C=N–C) groups is 1. The van der Waals surface area contributed by atoms with E-state index >= 15 is 0 Å². The van der Waals surface area contributed by atoms with Crippen LogP contribution in [0.25, 0.3) is 21.9 Å². The van der Waals surface area contributed by atoms with Gasteiger partial charge in [-0.2, -0.15) is 0 Å². The van der Waals surface area contributed by atoms with Crippen molar-refractivity contribution in [3.63, 3.8) is 0 Å². The highest BCUT2D eigenvalue weighted by Gasteiger charge is 2.31. The maximum absolute atomic E-state index is 14.2. The zero-order valence-electron chi connectivity index (χ0n) is 32.7. The Bertz CT molecular complexity index is 2260. The molecule has 10 N–H and O–H groups in total. The second-order valence-electron chi connectivity index (χ2n) is 14.3. The van der Waals surface area contributed by atoms with Gasteiger partial charge in [-0.15, -0.1) is 0 Å². The van der Waals surface area contributed by atoms with Crippen molar-refractivity contribution >= 4 is 68.9 Å². The number of amides is 5. The van der Waals surface area contributed by atoms with Crippen molar-refractivity contribution in [3.8, 4) is 11.1 Å². The number of fused-ring (bicyclic) bond motifs is 1. The number of nitrogens with zero attached hydrogens (tertiary/aromatic N) is 1. The fraction of sp³-hybridized carbons (Fsp3) is 0.244. The van der Waals surface area contributed by atoms with E-state index in [9.17, 15) is 24.0 Å². The zero-order valence-corrected chi connectivity index (χ0v) is 34.9. The van der Waals surface area contributed by atoms with Gasteiger partial charge in [0.05, 0.1) is 0 Å².